The van der Waals surface area contributed by atoms with Crippen LogP contribution in [0.5, 0.6) is 0 Å². The maximum Gasteiger partial charge on any atom is 0.407 e. The zero-order chi connectivity index (χ0) is 24.2. The molecule has 3 unspecified atom stereocenters. The maximum atomic E-state index is 12.8. The van der Waals surface area contributed by atoms with Crippen LogP contribution in [0.1, 0.15) is 73.1 Å². The fourth-order valence-electron chi connectivity index (χ4n) is 5.60. The Morgan fingerprint density at radius 2 is 1.67 bits per heavy atom. The van der Waals surface area contributed by atoms with Crippen molar-refractivity contribution in [3.63, 3.8) is 0 Å². The van der Waals surface area contributed by atoms with Crippen LogP contribution in [0.15, 0.2) is 11.6 Å². The SMILES string of the molecule is COC1C(OC(=O)N[C@H]2CC[C@H](NC(C)=O)CC2)CC[C@]2(CO2)C1C(C)(C)OCC=C(C)C. The molecule has 3 fully saturated rings. The molecule has 4 atom stereocenters. The van der Waals surface area contributed by atoms with Gasteiger partial charge in [0.1, 0.15) is 12.2 Å². The first-order valence-corrected chi connectivity index (χ1v) is 12.2. The lowest BCUT2D eigenvalue weighted by Gasteiger charge is -2.47. The van der Waals surface area contributed by atoms with Crippen LogP contribution in [0.4, 0.5) is 4.79 Å². The molecule has 2 saturated carbocycles. The number of hydrogen-bond donors (Lipinski definition) is 2. The van der Waals surface area contributed by atoms with E-state index in [1.807, 2.05) is 0 Å². The lowest BCUT2D eigenvalue weighted by Crippen LogP contribution is -2.59. The van der Waals surface area contributed by atoms with Crippen molar-refractivity contribution in [2.45, 2.75) is 109 Å². The number of rotatable bonds is 8. The van der Waals surface area contributed by atoms with Crippen LogP contribution >= 0.6 is 0 Å². The van der Waals surface area contributed by atoms with Crippen LogP contribution in [0.2, 0.25) is 0 Å². The van der Waals surface area contributed by atoms with E-state index in [0.29, 0.717) is 19.6 Å². The summed E-state index contributed by atoms with van der Waals surface area (Å²) in [5.74, 6) is -0.0614. The number of allylic oxidation sites excluding steroid dienone is 1. The monoisotopic (exact) mass is 466 g/mol. The Hall–Kier alpha value is -1.64. The van der Waals surface area contributed by atoms with E-state index in [9.17, 15) is 9.59 Å². The Kier molecular flexibility index (Phi) is 8.45. The molecule has 3 aliphatic rings. The zero-order valence-corrected chi connectivity index (χ0v) is 21.1. The van der Waals surface area contributed by atoms with Crippen molar-refractivity contribution in [2.24, 2.45) is 5.92 Å². The second-order valence-corrected chi connectivity index (χ2v) is 10.6. The van der Waals surface area contributed by atoms with Crippen molar-refractivity contribution in [1.82, 2.24) is 10.6 Å². The average Bonchev–Trinajstić information content (AvgIpc) is 3.49. The number of ether oxygens (including phenoxy) is 4. The Bertz CT molecular complexity index is 720. The normalized spacial score (nSPS) is 33.8. The van der Waals surface area contributed by atoms with Crippen molar-refractivity contribution in [1.29, 1.82) is 0 Å². The molecule has 33 heavy (non-hydrogen) atoms. The van der Waals surface area contributed by atoms with Gasteiger partial charge < -0.3 is 29.6 Å². The number of epoxide rings is 1. The van der Waals surface area contributed by atoms with Gasteiger partial charge in [-0.2, -0.15) is 0 Å². The molecule has 2 amide bonds. The fraction of sp³-hybridized carbons (Fsp3) is 0.840. The third-order valence-electron chi connectivity index (χ3n) is 7.31. The molecule has 2 N–H and O–H groups in total. The standard InChI is InChI=1S/C25H42N2O6/c1-16(2)12-14-31-24(4,5)22-21(30-6)20(11-13-25(22)15-32-25)33-23(29)27-19-9-7-18(8-10-19)26-17(3)28/h12,18-22H,7-11,13-15H2,1-6H3,(H,26,28)(H,27,29)/t18-,19-,20?,21?,22?,25-/m0/s1. The summed E-state index contributed by atoms with van der Waals surface area (Å²) in [4.78, 5) is 24.0. The van der Waals surface area contributed by atoms with Crippen LogP contribution in [0.3, 0.4) is 0 Å². The number of amides is 2. The second-order valence-electron chi connectivity index (χ2n) is 10.6. The molecule has 0 aromatic carbocycles. The lowest BCUT2D eigenvalue weighted by molar-refractivity contribution is -0.172. The lowest BCUT2D eigenvalue weighted by atomic mass is 9.68. The fourth-order valence-corrected chi connectivity index (χ4v) is 5.60. The highest BCUT2D eigenvalue weighted by Crippen LogP contribution is 2.52. The number of nitrogens with one attached hydrogen (secondary N) is 2. The first-order chi connectivity index (χ1) is 15.6. The van der Waals surface area contributed by atoms with E-state index in [4.69, 9.17) is 18.9 Å². The first-order valence-electron chi connectivity index (χ1n) is 12.2. The van der Waals surface area contributed by atoms with Gasteiger partial charge in [0.25, 0.3) is 0 Å². The summed E-state index contributed by atoms with van der Waals surface area (Å²) in [5, 5.41) is 5.98. The molecule has 1 aliphatic heterocycles. The average molecular weight is 467 g/mol. The minimum atomic E-state index is -0.510. The van der Waals surface area contributed by atoms with E-state index in [0.717, 1.165) is 32.1 Å². The van der Waals surface area contributed by atoms with Crippen LogP contribution in [-0.4, -0.2) is 67.8 Å². The molecule has 1 saturated heterocycles. The van der Waals surface area contributed by atoms with Gasteiger partial charge in [-0.1, -0.05) is 11.6 Å². The molecule has 2 aliphatic carbocycles. The van der Waals surface area contributed by atoms with Gasteiger partial charge >= 0.3 is 6.09 Å². The Balaban J connectivity index is 1.58. The van der Waals surface area contributed by atoms with Gasteiger partial charge in [-0.25, -0.2) is 4.79 Å². The molecule has 188 valence electrons. The van der Waals surface area contributed by atoms with Crippen LogP contribution in [0.25, 0.3) is 0 Å². The predicted octanol–water partition coefficient (Wildman–Crippen LogP) is 3.48. The molecule has 1 spiro atoms. The molecule has 0 aromatic heterocycles. The number of hydrogen-bond acceptors (Lipinski definition) is 6. The zero-order valence-electron chi connectivity index (χ0n) is 21.1. The third kappa shape index (κ3) is 6.70. The van der Waals surface area contributed by atoms with Crippen molar-refractivity contribution >= 4 is 12.0 Å². The Morgan fingerprint density at radius 1 is 1.06 bits per heavy atom. The summed E-state index contributed by atoms with van der Waals surface area (Å²) in [5.41, 5.74) is 0.427. The van der Waals surface area contributed by atoms with E-state index in [2.05, 4.69) is 44.4 Å². The third-order valence-corrected chi connectivity index (χ3v) is 7.31. The summed E-state index contributed by atoms with van der Waals surface area (Å²) >= 11 is 0. The maximum absolute atomic E-state index is 12.8. The van der Waals surface area contributed by atoms with E-state index in [1.54, 1.807) is 7.11 Å². The largest absolute Gasteiger partial charge is 0.443 e. The molecule has 1 heterocycles. The summed E-state index contributed by atoms with van der Waals surface area (Å²) in [7, 11) is 1.67. The molecule has 0 aromatic rings. The van der Waals surface area contributed by atoms with Crippen LogP contribution in [-0.2, 0) is 23.7 Å². The van der Waals surface area contributed by atoms with Gasteiger partial charge in [-0.3, -0.25) is 4.79 Å². The van der Waals surface area contributed by atoms with Gasteiger partial charge in [0.05, 0.1) is 24.4 Å². The van der Waals surface area contributed by atoms with Gasteiger partial charge in [0, 0.05) is 32.0 Å². The van der Waals surface area contributed by atoms with Crippen molar-refractivity contribution < 1.29 is 28.5 Å². The van der Waals surface area contributed by atoms with E-state index >= 15 is 0 Å². The Morgan fingerprint density at radius 3 is 2.18 bits per heavy atom. The number of alkyl carbamates (subject to hydrolysis) is 1. The topological polar surface area (TPSA) is 98.4 Å². The van der Waals surface area contributed by atoms with Gasteiger partial charge in [-0.15, -0.1) is 0 Å². The predicted molar refractivity (Wildman–Crippen MR) is 125 cm³/mol. The highest BCUT2D eigenvalue weighted by Gasteiger charge is 2.64. The molecular formula is C25H42N2O6. The molecule has 0 bridgehead atoms. The van der Waals surface area contributed by atoms with Crippen molar-refractivity contribution in [3.8, 4) is 0 Å². The highest BCUT2D eigenvalue weighted by molar-refractivity contribution is 5.73. The smallest absolute Gasteiger partial charge is 0.407 e. The van der Waals surface area contributed by atoms with E-state index in [1.165, 1.54) is 12.5 Å². The van der Waals surface area contributed by atoms with E-state index in [-0.39, 0.29) is 41.7 Å². The summed E-state index contributed by atoms with van der Waals surface area (Å²) < 4.78 is 24.1. The van der Waals surface area contributed by atoms with Crippen molar-refractivity contribution in [3.05, 3.63) is 11.6 Å². The summed E-state index contributed by atoms with van der Waals surface area (Å²) in [6.45, 7) is 11.0. The quantitative estimate of drug-likeness (QED) is 0.420. The number of carbonyl (C=O) groups excluding carboxylic acids is 2. The summed E-state index contributed by atoms with van der Waals surface area (Å²) in [6, 6.07) is 0.252. The molecule has 3 rings (SSSR count). The minimum absolute atomic E-state index is 0.00607. The van der Waals surface area contributed by atoms with Gasteiger partial charge in [0.15, 0.2) is 0 Å². The van der Waals surface area contributed by atoms with Gasteiger partial charge in [-0.05, 0) is 66.2 Å². The molecule has 8 heteroatoms. The summed E-state index contributed by atoms with van der Waals surface area (Å²) in [6.07, 6.45) is 5.85. The first kappa shape index (κ1) is 26.0. The molecule has 8 nitrogen and oxygen atoms in total. The number of carbonyl (C=O) groups is 2. The number of methoxy groups -OCH3 is 1. The van der Waals surface area contributed by atoms with Crippen molar-refractivity contribution in [2.75, 3.05) is 20.3 Å². The Labute approximate surface area is 198 Å². The second kappa shape index (κ2) is 10.7. The highest BCUT2D eigenvalue weighted by atomic mass is 16.6. The minimum Gasteiger partial charge on any atom is -0.443 e. The molecular weight excluding hydrogens is 424 g/mol. The van der Waals surface area contributed by atoms with Gasteiger partial charge in [0.2, 0.25) is 5.91 Å². The van der Waals surface area contributed by atoms with Crippen LogP contribution < -0.4 is 10.6 Å². The molecule has 0 radical (unpaired) electrons. The van der Waals surface area contributed by atoms with E-state index < -0.39 is 11.7 Å². The van der Waals surface area contributed by atoms with Crippen LogP contribution in [0, 0.1) is 5.92 Å².